The topological polar surface area (TPSA) is 99.4 Å². The summed E-state index contributed by atoms with van der Waals surface area (Å²) in [5, 5.41) is 2.77. The Hall–Kier alpha value is -3.16. The van der Waals surface area contributed by atoms with Gasteiger partial charge in [0, 0.05) is 23.0 Å². The number of carbonyl (C=O) groups is 2. The first-order valence-electron chi connectivity index (χ1n) is 10.8. The van der Waals surface area contributed by atoms with E-state index in [1.54, 1.807) is 24.3 Å². The van der Waals surface area contributed by atoms with Gasteiger partial charge in [0.2, 0.25) is 5.91 Å². The largest absolute Gasteiger partial charge is 0.465 e. The van der Waals surface area contributed by atoms with E-state index in [0.29, 0.717) is 35.3 Å². The van der Waals surface area contributed by atoms with Gasteiger partial charge in [-0.25, -0.2) is 9.59 Å². The number of methoxy groups -OCH3 is 1. The third kappa shape index (κ3) is 4.19. The van der Waals surface area contributed by atoms with Gasteiger partial charge in [0.15, 0.2) is 0 Å². The SMILES string of the molecule is COC(=O)c1ccc(NC(=O)Cn2c3c(c(=O)n(C4CCCCC4)c2=O)CCC3)cc1. The van der Waals surface area contributed by atoms with Crippen LogP contribution in [-0.2, 0) is 28.9 Å². The minimum atomic E-state index is -0.454. The van der Waals surface area contributed by atoms with Gasteiger partial charge >= 0.3 is 11.7 Å². The van der Waals surface area contributed by atoms with Crippen molar-refractivity contribution < 1.29 is 14.3 Å². The molecule has 2 aliphatic carbocycles. The van der Waals surface area contributed by atoms with Crippen LogP contribution in [0, 0.1) is 0 Å². The predicted molar refractivity (Wildman–Crippen MR) is 116 cm³/mol. The molecular formula is C23H27N3O5. The number of nitrogens with one attached hydrogen (secondary N) is 1. The average molecular weight is 425 g/mol. The first-order valence-corrected chi connectivity index (χ1v) is 10.8. The fraction of sp³-hybridized carbons (Fsp3) is 0.478. The number of hydrogen-bond acceptors (Lipinski definition) is 5. The van der Waals surface area contributed by atoms with Gasteiger partial charge in [0.25, 0.3) is 5.56 Å². The average Bonchev–Trinajstić information content (AvgIpc) is 3.28. The van der Waals surface area contributed by atoms with Crippen molar-refractivity contribution in [3.63, 3.8) is 0 Å². The van der Waals surface area contributed by atoms with E-state index in [1.807, 2.05) is 0 Å². The first-order chi connectivity index (χ1) is 15.0. The van der Waals surface area contributed by atoms with Crippen molar-refractivity contribution in [2.45, 2.75) is 64.0 Å². The molecule has 1 heterocycles. The highest BCUT2D eigenvalue weighted by atomic mass is 16.5. The quantitative estimate of drug-likeness (QED) is 0.742. The zero-order valence-corrected chi connectivity index (χ0v) is 17.7. The Morgan fingerprint density at radius 2 is 1.74 bits per heavy atom. The number of rotatable bonds is 5. The van der Waals surface area contributed by atoms with Gasteiger partial charge in [-0.05, 0) is 56.4 Å². The van der Waals surface area contributed by atoms with Crippen molar-refractivity contribution in [2.75, 3.05) is 12.4 Å². The Morgan fingerprint density at radius 3 is 2.42 bits per heavy atom. The minimum Gasteiger partial charge on any atom is -0.465 e. The molecule has 164 valence electrons. The van der Waals surface area contributed by atoms with Crippen LogP contribution in [0.4, 0.5) is 5.69 Å². The summed E-state index contributed by atoms with van der Waals surface area (Å²) in [6.07, 6.45) is 6.89. The molecule has 1 saturated carbocycles. The number of aromatic nitrogens is 2. The molecule has 0 radical (unpaired) electrons. The van der Waals surface area contributed by atoms with E-state index in [1.165, 1.54) is 16.2 Å². The van der Waals surface area contributed by atoms with E-state index in [2.05, 4.69) is 10.1 Å². The van der Waals surface area contributed by atoms with E-state index < -0.39 is 5.97 Å². The summed E-state index contributed by atoms with van der Waals surface area (Å²) < 4.78 is 7.56. The normalized spacial score (nSPS) is 16.0. The van der Waals surface area contributed by atoms with Gasteiger partial charge in [-0.3, -0.25) is 18.7 Å². The lowest BCUT2D eigenvalue weighted by Crippen LogP contribution is -2.46. The summed E-state index contributed by atoms with van der Waals surface area (Å²) >= 11 is 0. The molecule has 31 heavy (non-hydrogen) atoms. The van der Waals surface area contributed by atoms with Crippen molar-refractivity contribution in [1.29, 1.82) is 0 Å². The van der Waals surface area contributed by atoms with Crippen molar-refractivity contribution in [1.82, 2.24) is 9.13 Å². The lowest BCUT2D eigenvalue weighted by Gasteiger charge is -2.25. The molecule has 4 rings (SSSR count). The Morgan fingerprint density at radius 1 is 1.03 bits per heavy atom. The molecule has 0 unspecified atom stereocenters. The van der Waals surface area contributed by atoms with E-state index >= 15 is 0 Å². The highest BCUT2D eigenvalue weighted by Crippen LogP contribution is 2.27. The van der Waals surface area contributed by atoms with Crippen LogP contribution >= 0.6 is 0 Å². The van der Waals surface area contributed by atoms with Crippen LogP contribution in [0.25, 0.3) is 0 Å². The van der Waals surface area contributed by atoms with E-state index in [9.17, 15) is 19.2 Å². The lowest BCUT2D eigenvalue weighted by atomic mass is 9.95. The summed E-state index contributed by atoms with van der Waals surface area (Å²) in [5.41, 5.74) is 1.73. The molecule has 1 fully saturated rings. The number of anilines is 1. The van der Waals surface area contributed by atoms with Crippen LogP contribution in [0.3, 0.4) is 0 Å². The van der Waals surface area contributed by atoms with E-state index in [4.69, 9.17) is 0 Å². The third-order valence-corrected chi connectivity index (χ3v) is 6.26. The second-order valence-corrected chi connectivity index (χ2v) is 8.23. The number of esters is 1. The second-order valence-electron chi connectivity index (χ2n) is 8.23. The third-order valence-electron chi connectivity index (χ3n) is 6.26. The molecule has 8 nitrogen and oxygen atoms in total. The maximum absolute atomic E-state index is 13.3. The van der Waals surface area contributed by atoms with Gasteiger partial charge in [-0.1, -0.05) is 19.3 Å². The lowest BCUT2D eigenvalue weighted by molar-refractivity contribution is -0.116. The molecule has 0 saturated heterocycles. The molecule has 0 atom stereocenters. The molecular weight excluding hydrogens is 398 g/mol. The number of benzene rings is 1. The van der Waals surface area contributed by atoms with E-state index in [0.717, 1.165) is 38.5 Å². The number of ether oxygens (including phenoxy) is 1. The molecule has 1 amide bonds. The zero-order chi connectivity index (χ0) is 22.0. The predicted octanol–water partition coefficient (Wildman–Crippen LogP) is 2.43. The Kier molecular flexibility index (Phi) is 6.06. The zero-order valence-electron chi connectivity index (χ0n) is 17.7. The standard InChI is InChI=1S/C23H27N3O5/c1-31-22(29)15-10-12-16(13-11-15)24-20(27)14-25-19-9-5-8-18(19)21(28)26(23(25)30)17-6-3-2-4-7-17/h10-13,17H,2-9,14H2,1H3,(H,24,27). The molecule has 1 N–H and O–H groups in total. The fourth-order valence-corrected chi connectivity index (χ4v) is 4.71. The van der Waals surface area contributed by atoms with Crippen LogP contribution < -0.4 is 16.6 Å². The Balaban J connectivity index is 1.60. The van der Waals surface area contributed by atoms with Crippen LogP contribution in [0.1, 0.15) is 66.2 Å². The number of amides is 1. The Bertz CT molecular complexity index is 1110. The summed E-state index contributed by atoms with van der Waals surface area (Å²) in [6.45, 7) is -0.146. The number of nitrogens with zero attached hydrogens (tertiary/aromatic N) is 2. The van der Waals surface area contributed by atoms with Gasteiger partial charge in [0.1, 0.15) is 6.54 Å². The second kappa shape index (κ2) is 8.91. The molecule has 8 heteroatoms. The van der Waals surface area contributed by atoms with Gasteiger partial charge in [-0.2, -0.15) is 0 Å². The van der Waals surface area contributed by atoms with Crippen molar-refractivity contribution in [3.05, 3.63) is 61.9 Å². The van der Waals surface area contributed by atoms with E-state index in [-0.39, 0.29) is 29.7 Å². The fourth-order valence-electron chi connectivity index (χ4n) is 4.71. The maximum atomic E-state index is 13.3. The Labute approximate surface area is 179 Å². The minimum absolute atomic E-state index is 0.0835. The van der Waals surface area contributed by atoms with Gasteiger partial charge in [-0.15, -0.1) is 0 Å². The summed E-state index contributed by atoms with van der Waals surface area (Å²) in [6, 6.07) is 6.27. The molecule has 0 bridgehead atoms. The highest BCUT2D eigenvalue weighted by Gasteiger charge is 2.28. The molecule has 0 aliphatic heterocycles. The first kappa shape index (κ1) is 21.1. The highest BCUT2D eigenvalue weighted by molar-refractivity contribution is 5.93. The molecule has 2 aromatic rings. The van der Waals surface area contributed by atoms with Crippen LogP contribution in [0.2, 0.25) is 0 Å². The van der Waals surface area contributed by atoms with Gasteiger partial charge < -0.3 is 10.1 Å². The summed E-state index contributed by atoms with van der Waals surface area (Å²) in [7, 11) is 1.31. The number of fused-ring (bicyclic) bond motifs is 1. The van der Waals surface area contributed by atoms with Crippen LogP contribution in [0.5, 0.6) is 0 Å². The summed E-state index contributed by atoms with van der Waals surface area (Å²) in [4.78, 5) is 50.6. The van der Waals surface area contributed by atoms with Gasteiger partial charge in [0.05, 0.1) is 12.7 Å². The molecule has 1 aromatic carbocycles. The maximum Gasteiger partial charge on any atom is 0.337 e. The smallest absolute Gasteiger partial charge is 0.337 e. The molecule has 1 aromatic heterocycles. The van der Waals surface area contributed by atoms with Crippen molar-refractivity contribution in [2.24, 2.45) is 0 Å². The summed E-state index contributed by atoms with van der Waals surface area (Å²) in [5.74, 6) is -0.805. The number of carbonyl (C=O) groups excluding carboxylic acids is 2. The molecule has 0 spiro atoms. The van der Waals surface area contributed by atoms with Crippen molar-refractivity contribution >= 4 is 17.6 Å². The van der Waals surface area contributed by atoms with Crippen LogP contribution in [-0.4, -0.2) is 28.1 Å². The monoisotopic (exact) mass is 425 g/mol. The molecule has 2 aliphatic rings. The number of hydrogen-bond donors (Lipinski definition) is 1. The van der Waals surface area contributed by atoms with Crippen molar-refractivity contribution in [3.8, 4) is 0 Å². The van der Waals surface area contributed by atoms with Crippen LogP contribution in [0.15, 0.2) is 33.9 Å².